The van der Waals surface area contributed by atoms with Gasteiger partial charge >= 0.3 is 6.18 Å². The molecule has 0 saturated heterocycles. The number of hydrogen-bond acceptors (Lipinski definition) is 2. The third-order valence-electron chi connectivity index (χ3n) is 3.54. The smallest absolute Gasteiger partial charge is 0.321 e. The van der Waals surface area contributed by atoms with Crippen molar-refractivity contribution in [1.82, 2.24) is 4.98 Å². The van der Waals surface area contributed by atoms with Crippen molar-refractivity contribution < 1.29 is 18.0 Å². The molecule has 0 aliphatic rings. The number of aromatic nitrogens is 1. The molecule has 0 aliphatic carbocycles. The summed E-state index contributed by atoms with van der Waals surface area (Å²) in [6.07, 6.45) is -4.52. The Morgan fingerprint density at radius 3 is 2.09 bits per heavy atom. The Morgan fingerprint density at radius 2 is 1.61 bits per heavy atom. The van der Waals surface area contributed by atoms with Gasteiger partial charge in [-0.1, -0.05) is 17.7 Å². The van der Waals surface area contributed by atoms with E-state index in [1.807, 2.05) is 32.9 Å². The lowest BCUT2D eigenvalue weighted by Crippen LogP contribution is -2.17. The standard InChI is InChI=1S/C17H17F3N2O/c1-9-7-10(2)15(11(3)8-9)22-16(23)13-5-6-14(17(18,19)20)21-12(13)4/h5-8H,1-4H3,(H,22,23). The van der Waals surface area contributed by atoms with E-state index in [2.05, 4.69) is 10.3 Å². The van der Waals surface area contributed by atoms with Gasteiger partial charge < -0.3 is 5.32 Å². The van der Waals surface area contributed by atoms with E-state index in [-0.39, 0.29) is 11.3 Å². The molecule has 0 bridgehead atoms. The summed E-state index contributed by atoms with van der Waals surface area (Å²) < 4.78 is 37.9. The van der Waals surface area contributed by atoms with Gasteiger partial charge in [-0.2, -0.15) is 13.2 Å². The molecule has 0 unspecified atom stereocenters. The highest BCUT2D eigenvalue weighted by Gasteiger charge is 2.33. The summed E-state index contributed by atoms with van der Waals surface area (Å²) in [5.74, 6) is -0.473. The minimum Gasteiger partial charge on any atom is -0.321 e. The van der Waals surface area contributed by atoms with Crippen LogP contribution in [0.3, 0.4) is 0 Å². The number of carbonyl (C=O) groups is 1. The highest BCUT2D eigenvalue weighted by Crippen LogP contribution is 2.28. The maximum Gasteiger partial charge on any atom is 0.433 e. The molecule has 0 atom stereocenters. The molecule has 0 saturated carbocycles. The first-order valence-corrected chi connectivity index (χ1v) is 7.03. The number of anilines is 1. The van der Waals surface area contributed by atoms with Crippen LogP contribution in [0, 0.1) is 27.7 Å². The normalized spacial score (nSPS) is 11.4. The highest BCUT2D eigenvalue weighted by molar-refractivity contribution is 6.05. The number of rotatable bonds is 2. The van der Waals surface area contributed by atoms with Crippen LogP contribution < -0.4 is 5.32 Å². The molecule has 1 aromatic heterocycles. The van der Waals surface area contributed by atoms with E-state index in [0.717, 1.165) is 28.8 Å². The van der Waals surface area contributed by atoms with Crippen LogP contribution in [-0.2, 0) is 6.18 Å². The van der Waals surface area contributed by atoms with E-state index < -0.39 is 17.8 Å². The fourth-order valence-corrected chi connectivity index (χ4v) is 2.52. The zero-order chi connectivity index (χ0) is 17.4. The Bertz CT molecular complexity index is 744. The second-order valence-corrected chi connectivity index (χ2v) is 5.56. The average Bonchev–Trinajstić information content (AvgIpc) is 2.41. The van der Waals surface area contributed by atoms with E-state index in [1.165, 1.54) is 6.92 Å². The first-order chi connectivity index (χ1) is 10.6. The average molecular weight is 322 g/mol. The van der Waals surface area contributed by atoms with E-state index in [4.69, 9.17) is 0 Å². The summed E-state index contributed by atoms with van der Waals surface area (Å²) in [6, 6.07) is 5.83. The summed E-state index contributed by atoms with van der Waals surface area (Å²) in [5, 5.41) is 2.76. The lowest BCUT2D eigenvalue weighted by molar-refractivity contribution is -0.141. The number of nitrogens with zero attached hydrogens (tertiary/aromatic N) is 1. The summed E-state index contributed by atoms with van der Waals surface area (Å²) in [7, 11) is 0. The molecule has 2 aromatic rings. The molecule has 1 heterocycles. The van der Waals surface area contributed by atoms with E-state index in [1.54, 1.807) is 0 Å². The Hall–Kier alpha value is -2.37. The van der Waals surface area contributed by atoms with Crippen molar-refractivity contribution in [2.24, 2.45) is 0 Å². The van der Waals surface area contributed by atoms with Gasteiger partial charge in [-0.25, -0.2) is 4.98 Å². The second-order valence-electron chi connectivity index (χ2n) is 5.56. The first kappa shape index (κ1) is 17.0. The van der Waals surface area contributed by atoms with Crippen LogP contribution in [0.25, 0.3) is 0 Å². The third-order valence-corrected chi connectivity index (χ3v) is 3.54. The Labute approximate surface area is 132 Å². The lowest BCUT2D eigenvalue weighted by atomic mass is 10.0. The molecule has 23 heavy (non-hydrogen) atoms. The lowest BCUT2D eigenvalue weighted by Gasteiger charge is -2.14. The third kappa shape index (κ3) is 3.70. The quantitative estimate of drug-likeness (QED) is 0.879. The minimum atomic E-state index is -4.52. The molecule has 0 fully saturated rings. The first-order valence-electron chi connectivity index (χ1n) is 7.03. The van der Waals surface area contributed by atoms with Gasteiger partial charge in [0.15, 0.2) is 0 Å². The van der Waals surface area contributed by atoms with Crippen LogP contribution in [0.5, 0.6) is 0 Å². The summed E-state index contributed by atoms with van der Waals surface area (Å²) in [6.45, 7) is 7.08. The molecule has 1 N–H and O–H groups in total. The van der Waals surface area contributed by atoms with Gasteiger partial charge in [0, 0.05) is 5.69 Å². The molecule has 3 nitrogen and oxygen atoms in total. The van der Waals surface area contributed by atoms with Gasteiger partial charge in [-0.15, -0.1) is 0 Å². The van der Waals surface area contributed by atoms with E-state index >= 15 is 0 Å². The van der Waals surface area contributed by atoms with Crippen molar-refractivity contribution >= 4 is 11.6 Å². The van der Waals surface area contributed by atoms with Gasteiger partial charge in [0.2, 0.25) is 0 Å². The number of hydrogen-bond donors (Lipinski definition) is 1. The number of carbonyl (C=O) groups excluding carboxylic acids is 1. The van der Waals surface area contributed by atoms with Crippen molar-refractivity contribution in [2.75, 3.05) is 5.32 Å². The maximum absolute atomic E-state index is 12.6. The number of aryl methyl sites for hydroxylation is 4. The van der Waals surface area contributed by atoms with Gasteiger partial charge in [0.1, 0.15) is 5.69 Å². The molecule has 0 spiro atoms. The summed E-state index contributed by atoms with van der Waals surface area (Å²) in [4.78, 5) is 15.8. The number of benzene rings is 1. The van der Waals surface area contributed by atoms with Gasteiger partial charge in [0.05, 0.1) is 11.3 Å². The largest absolute Gasteiger partial charge is 0.433 e. The van der Waals surface area contributed by atoms with E-state index in [9.17, 15) is 18.0 Å². The molecule has 6 heteroatoms. The fourth-order valence-electron chi connectivity index (χ4n) is 2.52. The van der Waals surface area contributed by atoms with Crippen LogP contribution in [0.4, 0.5) is 18.9 Å². The molecular weight excluding hydrogens is 305 g/mol. The van der Waals surface area contributed by atoms with Gasteiger partial charge in [-0.05, 0) is 51.0 Å². The number of halogens is 3. The Kier molecular flexibility index (Phi) is 4.45. The molecule has 1 amide bonds. The highest BCUT2D eigenvalue weighted by atomic mass is 19.4. The van der Waals surface area contributed by atoms with Crippen LogP contribution in [0.2, 0.25) is 0 Å². The fraction of sp³-hybridized carbons (Fsp3) is 0.294. The zero-order valence-electron chi connectivity index (χ0n) is 13.3. The van der Waals surface area contributed by atoms with E-state index in [0.29, 0.717) is 5.69 Å². The minimum absolute atomic E-state index is 0.0414. The van der Waals surface area contributed by atoms with Crippen LogP contribution in [0.1, 0.15) is 38.4 Å². The Morgan fingerprint density at radius 1 is 1.04 bits per heavy atom. The monoisotopic (exact) mass is 322 g/mol. The van der Waals surface area contributed by atoms with Crippen molar-refractivity contribution in [1.29, 1.82) is 0 Å². The van der Waals surface area contributed by atoms with Gasteiger partial charge in [0.25, 0.3) is 5.91 Å². The van der Waals surface area contributed by atoms with Gasteiger partial charge in [-0.3, -0.25) is 4.79 Å². The molecular formula is C17H17F3N2O. The maximum atomic E-state index is 12.6. The summed E-state index contributed by atoms with van der Waals surface area (Å²) >= 11 is 0. The topological polar surface area (TPSA) is 42.0 Å². The molecule has 0 radical (unpaired) electrons. The number of pyridine rings is 1. The number of amides is 1. The zero-order valence-corrected chi connectivity index (χ0v) is 13.3. The van der Waals surface area contributed by atoms with Crippen molar-refractivity contribution in [3.8, 4) is 0 Å². The molecule has 1 aromatic carbocycles. The van der Waals surface area contributed by atoms with Crippen molar-refractivity contribution in [2.45, 2.75) is 33.9 Å². The Balaban J connectivity index is 2.32. The van der Waals surface area contributed by atoms with Crippen molar-refractivity contribution in [3.63, 3.8) is 0 Å². The molecule has 122 valence electrons. The summed E-state index contributed by atoms with van der Waals surface area (Å²) in [5.41, 5.74) is 2.69. The van der Waals surface area contributed by atoms with Crippen LogP contribution in [0.15, 0.2) is 24.3 Å². The number of nitrogens with one attached hydrogen (secondary N) is 1. The van der Waals surface area contributed by atoms with Crippen LogP contribution >= 0.6 is 0 Å². The second kappa shape index (κ2) is 6.02. The van der Waals surface area contributed by atoms with Crippen molar-refractivity contribution in [3.05, 3.63) is 57.9 Å². The van der Waals surface area contributed by atoms with Crippen LogP contribution in [-0.4, -0.2) is 10.9 Å². The SMILES string of the molecule is Cc1cc(C)c(NC(=O)c2ccc(C(F)(F)F)nc2C)c(C)c1. The molecule has 2 rings (SSSR count). The predicted molar refractivity (Wildman–Crippen MR) is 82.6 cm³/mol. The predicted octanol–water partition coefficient (Wildman–Crippen LogP) is 4.59. The molecule has 0 aliphatic heterocycles. The number of alkyl halides is 3.